The Morgan fingerprint density at radius 1 is 0.971 bits per heavy atom. The lowest BCUT2D eigenvalue weighted by molar-refractivity contribution is -0.384. The van der Waals surface area contributed by atoms with Gasteiger partial charge in [-0.1, -0.05) is 48.5 Å². The summed E-state index contributed by atoms with van der Waals surface area (Å²) < 4.78 is 5.25. The van der Waals surface area contributed by atoms with Crippen LogP contribution in [0.15, 0.2) is 72.8 Å². The van der Waals surface area contributed by atoms with Crippen LogP contribution >= 0.6 is 0 Å². The molecule has 0 spiro atoms. The van der Waals surface area contributed by atoms with E-state index in [1.54, 1.807) is 12.1 Å². The largest absolute Gasteiger partial charge is 0.452 e. The van der Waals surface area contributed by atoms with Gasteiger partial charge in [-0.15, -0.1) is 0 Å². The number of carbonyl (C=O) groups excluding carboxylic acids is 2. The summed E-state index contributed by atoms with van der Waals surface area (Å²) in [5.74, 6) is -1.25. The van der Waals surface area contributed by atoms with Crippen molar-refractivity contribution in [2.75, 3.05) is 29.9 Å². The Labute approximate surface area is 197 Å². The molecule has 1 aliphatic heterocycles. The molecule has 0 atom stereocenters. The number of nitrogens with one attached hydrogen (secondary N) is 1. The van der Waals surface area contributed by atoms with Gasteiger partial charge in [0.05, 0.1) is 16.2 Å². The summed E-state index contributed by atoms with van der Waals surface area (Å²) in [5, 5.41) is 14.0. The van der Waals surface area contributed by atoms with Gasteiger partial charge in [-0.3, -0.25) is 14.9 Å². The maximum atomic E-state index is 12.8. The first kappa shape index (κ1) is 23.0. The molecule has 1 saturated heterocycles. The number of para-hydroxylation sites is 1. The molecule has 0 radical (unpaired) electrons. The third-order valence-corrected chi connectivity index (χ3v) is 5.72. The van der Waals surface area contributed by atoms with Crippen molar-refractivity contribution >= 4 is 28.9 Å². The van der Waals surface area contributed by atoms with Gasteiger partial charge in [0.15, 0.2) is 6.61 Å². The van der Waals surface area contributed by atoms with Gasteiger partial charge < -0.3 is 15.0 Å². The van der Waals surface area contributed by atoms with Crippen LogP contribution in [-0.4, -0.2) is 36.5 Å². The molecule has 1 N–H and O–H groups in total. The van der Waals surface area contributed by atoms with Crippen molar-refractivity contribution in [2.45, 2.75) is 19.3 Å². The third kappa shape index (κ3) is 5.58. The van der Waals surface area contributed by atoms with Crippen molar-refractivity contribution in [3.63, 3.8) is 0 Å². The minimum absolute atomic E-state index is 0.0911. The van der Waals surface area contributed by atoms with Crippen LogP contribution in [0, 0.1) is 10.1 Å². The zero-order chi connectivity index (χ0) is 23.9. The molecule has 0 saturated carbocycles. The number of nitro benzene ring substituents is 1. The fourth-order valence-corrected chi connectivity index (χ4v) is 4.04. The van der Waals surface area contributed by atoms with Crippen molar-refractivity contribution in [1.29, 1.82) is 0 Å². The highest BCUT2D eigenvalue weighted by Crippen LogP contribution is 2.29. The average Bonchev–Trinajstić information content (AvgIpc) is 3.39. The number of ether oxygens (including phenoxy) is 1. The van der Waals surface area contributed by atoms with Gasteiger partial charge in [0, 0.05) is 30.9 Å². The fraction of sp³-hybridized carbons (Fsp3) is 0.231. The zero-order valence-electron chi connectivity index (χ0n) is 18.6. The van der Waals surface area contributed by atoms with E-state index >= 15 is 0 Å². The van der Waals surface area contributed by atoms with Crippen LogP contribution in [0.2, 0.25) is 0 Å². The number of nitro groups is 1. The van der Waals surface area contributed by atoms with Crippen LogP contribution in [-0.2, 0) is 16.0 Å². The lowest BCUT2D eigenvalue weighted by atomic mass is 10.0. The molecule has 1 heterocycles. The molecule has 3 aromatic carbocycles. The number of amides is 1. The van der Waals surface area contributed by atoms with Gasteiger partial charge in [-0.25, -0.2) is 4.79 Å². The van der Waals surface area contributed by atoms with Crippen LogP contribution in [0.1, 0.15) is 34.3 Å². The van der Waals surface area contributed by atoms with Crippen LogP contribution in [0.5, 0.6) is 0 Å². The monoisotopic (exact) mass is 459 g/mol. The van der Waals surface area contributed by atoms with Gasteiger partial charge >= 0.3 is 5.97 Å². The first-order valence-corrected chi connectivity index (χ1v) is 11.1. The summed E-state index contributed by atoms with van der Waals surface area (Å²) >= 11 is 0. The van der Waals surface area contributed by atoms with Crippen LogP contribution in [0.4, 0.5) is 17.1 Å². The topological polar surface area (TPSA) is 102 Å². The standard InChI is InChI=1S/C26H25N3O5/c30-25(27-23-11-5-4-10-20(23)16-19-8-2-1-3-9-19)18-34-26(31)22-17-21(29(32)33)12-13-24(22)28-14-6-7-15-28/h1-5,8-13,17H,6-7,14-16,18H2,(H,27,30). The molecule has 8 nitrogen and oxygen atoms in total. The van der Waals surface area contributed by atoms with Crippen LogP contribution in [0.3, 0.4) is 0 Å². The predicted octanol–water partition coefficient (Wildman–Crippen LogP) is 4.58. The SMILES string of the molecule is O=C(COC(=O)c1cc([N+](=O)[O-])ccc1N1CCCC1)Nc1ccccc1Cc1ccccc1. The Kier molecular flexibility index (Phi) is 7.17. The second-order valence-electron chi connectivity index (χ2n) is 8.10. The average molecular weight is 460 g/mol. The van der Waals surface area contributed by atoms with E-state index in [4.69, 9.17) is 4.74 Å². The number of nitrogens with zero attached hydrogens (tertiary/aromatic N) is 2. The lowest BCUT2D eigenvalue weighted by Crippen LogP contribution is -2.24. The molecule has 1 amide bonds. The highest BCUT2D eigenvalue weighted by atomic mass is 16.6. The smallest absolute Gasteiger partial charge is 0.341 e. The summed E-state index contributed by atoms with van der Waals surface area (Å²) in [6, 6.07) is 21.5. The van der Waals surface area contributed by atoms with Gasteiger partial charge in [0.2, 0.25) is 0 Å². The van der Waals surface area contributed by atoms with E-state index in [1.165, 1.54) is 12.1 Å². The quantitative estimate of drug-likeness (QED) is 0.301. The predicted molar refractivity (Wildman–Crippen MR) is 129 cm³/mol. The maximum Gasteiger partial charge on any atom is 0.341 e. The number of carbonyl (C=O) groups is 2. The normalized spacial score (nSPS) is 12.9. The molecular weight excluding hydrogens is 434 g/mol. The summed E-state index contributed by atoms with van der Waals surface area (Å²) in [6.45, 7) is 1.02. The van der Waals surface area contributed by atoms with E-state index in [-0.39, 0.29) is 11.3 Å². The van der Waals surface area contributed by atoms with Gasteiger partial charge in [0.1, 0.15) is 0 Å². The highest BCUT2D eigenvalue weighted by Gasteiger charge is 2.24. The molecule has 0 aliphatic carbocycles. The van der Waals surface area contributed by atoms with Gasteiger partial charge in [-0.2, -0.15) is 0 Å². The Balaban J connectivity index is 1.43. The van der Waals surface area contributed by atoms with Crippen molar-refractivity contribution in [1.82, 2.24) is 0 Å². The fourth-order valence-electron chi connectivity index (χ4n) is 4.04. The molecule has 0 bridgehead atoms. The number of anilines is 2. The molecule has 4 rings (SSSR count). The van der Waals surface area contributed by atoms with E-state index in [9.17, 15) is 19.7 Å². The molecule has 0 unspecified atom stereocenters. The lowest BCUT2D eigenvalue weighted by Gasteiger charge is -2.20. The Morgan fingerprint density at radius 2 is 1.68 bits per heavy atom. The number of hydrogen-bond donors (Lipinski definition) is 1. The number of hydrogen-bond acceptors (Lipinski definition) is 6. The zero-order valence-corrected chi connectivity index (χ0v) is 18.6. The molecule has 174 valence electrons. The van der Waals surface area contributed by atoms with E-state index < -0.39 is 23.4 Å². The molecule has 8 heteroatoms. The number of esters is 1. The summed E-state index contributed by atoms with van der Waals surface area (Å²) in [7, 11) is 0. The van der Waals surface area contributed by atoms with E-state index in [0.717, 1.165) is 37.1 Å². The molecule has 1 fully saturated rings. The molecular formula is C26H25N3O5. The summed E-state index contributed by atoms with van der Waals surface area (Å²) in [4.78, 5) is 38.0. The molecule has 3 aromatic rings. The Morgan fingerprint density at radius 3 is 2.41 bits per heavy atom. The van der Waals surface area contributed by atoms with Crippen LogP contribution in [0.25, 0.3) is 0 Å². The molecule has 0 aromatic heterocycles. The Bertz CT molecular complexity index is 1190. The van der Waals surface area contributed by atoms with E-state index in [2.05, 4.69) is 5.32 Å². The maximum absolute atomic E-state index is 12.8. The van der Waals surface area contributed by atoms with E-state index in [0.29, 0.717) is 17.8 Å². The summed E-state index contributed by atoms with van der Waals surface area (Å²) in [6.07, 6.45) is 2.61. The first-order chi connectivity index (χ1) is 16.5. The van der Waals surface area contributed by atoms with Crippen molar-refractivity contribution in [2.24, 2.45) is 0 Å². The van der Waals surface area contributed by atoms with Crippen molar-refractivity contribution < 1.29 is 19.2 Å². The number of benzene rings is 3. The minimum Gasteiger partial charge on any atom is -0.452 e. The molecule has 1 aliphatic rings. The first-order valence-electron chi connectivity index (χ1n) is 11.1. The second-order valence-corrected chi connectivity index (χ2v) is 8.10. The molecule has 34 heavy (non-hydrogen) atoms. The van der Waals surface area contributed by atoms with Crippen molar-refractivity contribution in [3.8, 4) is 0 Å². The van der Waals surface area contributed by atoms with Gasteiger partial charge in [0.25, 0.3) is 11.6 Å². The third-order valence-electron chi connectivity index (χ3n) is 5.72. The number of rotatable bonds is 8. The van der Waals surface area contributed by atoms with Gasteiger partial charge in [-0.05, 0) is 42.5 Å². The van der Waals surface area contributed by atoms with Crippen LogP contribution < -0.4 is 10.2 Å². The van der Waals surface area contributed by atoms with Crippen molar-refractivity contribution in [3.05, 3.63) is 99.6 Å². The second kappa shape index (κ2) is 10.6. The Hall–Kier alpha value is -4.20. The summed E-state index contributed by atoms with van der Waals surface area (Å²) in [5.41, 5.74) is 3.16. The van der Waals surface area contributed by atoms with E-state index in [1.807, 2.05) is 53.4 Å². The number of non-ortho nitro benzene ring substituents is 1. The minimum atomic E-state index is -0.765. The highest BCUT2D eigenvalue weighted by molar-refractivity contribution is 5.99.